The average Bonchev–Trinajstić information content (AvgIpc) is 3.28. The van der Waals surface area contributed by atoms with Crippen LogP contribution < -0.4 is 16.0 Å². The van der Waals surface area contributed by atoms with Crippen LogP contribution in [0.15, 0.2) is 65.3 Å². The molecule has 3 N–H and O–H groups in total. The lowest BCUT2D eigenvalue weighted by atomic mass is 10.0. The van der Waals surface area contributed by atoms with Crippen molar-refractivity contribution >= 4 is 29.1 Å². The molecule has 166 valence electrons. The van der Waals surface area contributed by atoms with Gasteiger partial charge in [0.25, 0.3) is 11.8 Å². The van der Waals surface area contributed by atoms with Crippen LogP contribution >= 0.6 is 0 Å². The molecule has 1 aromatic heterocycles. The summed E-state index contributed by atoms with van der Waals surface area (Å²) in [5, 5.41) is 7.68. The molecule has 9 heteroatoms. The highest BCUT2D eigenvalue weighted by atomic mass is 19.1. The van der Waals surface area contributed by atoms with E-state index in [1.165, 1.54) is 12.3 Å². The second-order valence-electron chi connectivity index (χ2n) is 7.29. The molecule has 7 nitrogen and oxygen atoms in total. The molecule has 1 atom stereocenters. The number of anilines is 2. The van der Waals surface area contributed by atoms with Crippen LogP contribution in [-0.2, 0) is 4.79 Å². The van der Waals surface area contributed by atoms with Crippen molar-refractivity contribution in [1.82, 2.24) is 5.32 Å². The predicted octanol–water partition coefficient (Wildman–Crippen LogP) is 4.20. The number of furan rings is 1. The van der Waals surface area contributed by atoms with E-state index >= 15 is 0 Å². The van der Waals surface area contributed by atoms with Crippen molar-refractivity contribution in [3.63, 3.8) is 0 Å². The van der Waals surface area contributed by atoms with Crippen LogP contribution in [0.4, 0.5) is 20.2 Å². The smallest absolute Gasteiger partial charge is 0.291 e. The molecule has 0 unspecified atom stereocenters. The fourth-order valence-corrected chi connectivity index (χ4v) is 2.92. The third kappa shape index (κ3) is 5.37. The van der Waals surface area contributed by atoms with Crippen LogP contribution in [0.1, 0.15) is 34.8 Å². The number of hydrogen-bond donors (Lipinski definition) is 3. The topological polar surface area (TPSA) is 100 Å². The number of amides is 3. The Balaban J connectivity index is 1.65. The van der Waals surface area contributed by atoms with E-state index in [4.69, 9.17) is 4.42 Å². The van der Waals surface area contributed by atoms with Crippen molar-refractivity contribution in [3.8, 4) is 0 Å². The zero-order valence-electron chi connectivity index (χ0n) is 17.3. The number of benzene rings is 2. The minimum atomic E-state index is -1.04. The highest BCUT2D eigenvalue weighted by Crippen LogP contribution is 2.17. The first kappa shape index (κ1) is 22.7. The molecular weight excluding hydrogens is 420 g/mol. The molecule has 0 aliphatic carbocycles. The Morgan fingerprint density at radius 3 is 1.94 bits per heavy atom. The average molecular weight is 441 g/mol. The second-order valence-corrected chi connectivity index (χ2v) is 7.29. The molecule has 0 aliphatic rings. The summed E-state index contributed by atoms with van der Waals surface area (Å²) < 4.78 is 32.8. The molecule has 3 aromatic rings. The predicted molar refractivity (Wildman–Crippen MR) is 114 cm³/mol. The lowest BCUT2D eigenvalue weighted by Gasteiger charge is -2.22. The van der Waals surface area contributed by atoms with Gasteiger partial charge in [0.2, 0.25) is 5.91 Å². The molecule has 0 saturated heterocycles. The third-order valence-corrected chi connectivity index (χ3v) is 4.58. The summed E-state index contributed by atoms with van der Waals surface area (Å²) in [5.74, 6) is -4.24. The third-order valence-electron chi connectivity index (χ3n) is 4.58. The van der Waals surface area contributed by atoms with Gasteiger partial charge in [-0.05, 0) is 54.4 Å². The highest BCUT2D eigenvalue weighted by Gasteiger charge is 2.27. The SMILES string of the molecule is CC(C)[C@@H](NC(=O)c1c(F)cccc1F)C(=O)Nc1ccc(NC(=O)c2ccco2)cc1. The van der Waals surface area contributed by atoms with E-state index in [0.717, 1.165) is 18.2 Å². The largest absolute Gasteiger partial charge is 0.459 e. The molecule has 3 amide bonds. The fourth-order valence-electron chi connectivity index (χ4n) is 2.92. The van der Waals surface area contributed by atoms with Crippen LogP contribution in [0.25, 0.3) is 0 Å². The van der Waals surface area contributed by atoms with Crippen molar-refractivity contribution in [2.45, 2.75) is 19.9 Å². The minimum Gasteiger partial charge on any atom is -0.459 e. The summed E-state index contributed by atoms with van der Waals surface area (Å²) in [6.45, 7) is 3.38. The molecule has 0 saturated carbocycles. The van der Waals surface area contributed by atoms with Gasteiger partial charge in [-0.3, -0.25) is 14.4 Å². The molecule has 0 fully saturated rings. The summed E-state index contributed by atoms with van der Waals surface area (Å²) in [6.07, 6.45) is 1.39. The highest BCUT2D eigenvalue weighted by molar-refractivity contribution is 6.03. The maximum atomic E-state index is 13.9. The number of hydrogen-bond acceptors (Lipinski definition) is 4. The Morgan fingerprint density at radius 2 is 1.41 bits per heavy atom. The van der Waals surface area contributed by atoms with E-state index in [9.17, 15) is 23.2 Å². The molecule has 3 rings (SSSR count). The van der Waals surface area contributed by atoms with Crippen molar-refractivity contribution < 1.29 is 27.6 Å². The van der Waals surface area contributed by atoms with Crippen LogP contribution in [0.2, 0.25) is 0 Å². The number of carbonyl (C=O) groups excluding carboxylic acids is 3. The van der Waals surface area contributed by atoms with Gasteiger partial charge in [-0.2, -0.15) is 0 Å². The van der Waals surface area contributed by atoms with Crippen LogP contribution in [0.5, 0.6) is 0 Å². The van der Waals surface area contributed by atoms with Gasteiger partial charge in [-0.1, -0.05) is 19.9 Å². The Labute approximate surface area is 182 Å². The monoisotopic (exact) mass is 441 g/mol. The normalized spacial score (nSPS) is 11.7. The van der Waals surface area contributed by atoms with Gasteiger partial charge >= 0.3 is 0 Å². The zero-order chi connectivity index (χ0) is 23.3. The summed E-state index contributed by atoms with van der Waals surface area (Å²) in [4.78, 5) is 37.1. The number of rotatable bonds is 7. The lowest BCUT2D eigenvalue weighted by Crippen LogP contribution is -2.47. The molecule has 0 aliphatic heterocycles. The Kier molecular flexibility index (Phi) is 6.99. The number of halogens is 2. The molecule has 0 radical (unpaired) electrons. The van der Waals surface area contributed by atoms with Crippen LogP contribution in [0, 0.1) is 17.6 Å². The Bertz CT molecular complexity index is 1090. The second kappa shape index (κ2) is 9.86. The first-order valence-electron chi connectivity index (χ1n) is 9.77. The molecule has 0 bridgehead atoms. The van der Waals surface area contributed by atoms with Crippen LogP contribution in [-0.4, -0.2) is 23.8 Å². The summed E-state index contributed by atoms with van der Waals surface area (Å²) in [5.41, 5.74) is 0.138. The van der Waals surface area contributed by atoms with Gasteiger partial charge in [0.15, 0.2) is 5.76 Å². The zero-order valence-corrected chi connectivity index (χ0v) is 17.3. The van der Waals surface area contributed by atoms with Gasteiger partial charge < -0.3 is 20.4 Å². The van der Waals surface area contributed by atoms with E-state index in [2.05, 4.69) is 16.0 Å². The first-order valence-corrected chi connectivity index (χ1v) is 9.77. The van der Waals surface area contributed by atoms with E-state index in [1.54, 1.807) is 44.2 Å². The summed E-state index contributed by atoms with van der Waals surface area (Å²) in [6, 6.07) is 11.4. The lowest BCUT2D eigenvalue weighted by molar-refractivity contribution is -0.118. The van der Waals surface area contributed by atoms with E-state index < -0.39 is 41.0 Å². The Hall–Kier alpha value is -4.01. The maximum Gasteiger partial charge on any atom is 0.291 e. The molecule has 1 heterocycles. The quantitative estimate of drug-likeness (QED) is 0.512. The molecule has 32 heavy (non-hydrogen) atoms. The van der Waals surface area contributed by atoms with Crippen molar-refractivity contribution in [2.24, 2.45) is 5.92 Å². The van der Waals surface area contributed by atoms with Crippen molar-refractivity contribution in [3.05, 3.63) is 83.8 Å². The number of nitrogens with one attached hydrogen (secondary N) is 3. The van der Waals surface area contributed by atoms with Crippen molar-refractivity contribution in [1.29, 1.82) is 0 Å². The minimum absolute atomic E-state index is 0.157. The molecular formula is C23H21F2N3O4. The van der Waals surface area contributed by atoms with Crippen LogP contribution in [0.3, 0.4) is 0 Å². The maximum absolute atomic E-state index is 13.9. The Morgan fingerprint density at radius 1 is 0.812 bits per heavy atom. The summed E-state index contributed by atoms with van der Waals surface area (Å²) >= 11 is 0. The van der Waals surface area contributed by atoms with E-state index in [0.29, 0.717) is 11.4 Å². The number of carbonyl (C=O) groups is 3. The standard InChI is InChI=1S/C23H21F2N3O4/c1-13(2)20(28-22(30)19-16(24)5-3-6-17(19)25)23(31)27-15-10-8-14(9-11-15)26-21(29)18-7-4-12-32-18/h3-13,20H,1-2H3,(H,26,29)(H,27,31)(H,28,30)/t20-/m1/s1. The molecule has 2 aromatic carbocycles. The van der Waals surface area contributed by atoms with Gasteiger partial charge in [0, 0.05) is 11.4 Å². The van der Waals surface area contributed by atoms with Gasteiger partial charge in [0.05, 0.1) is 6.26 Å². The van der Waals surface area contributed by atoms with Gasteiger partial charge in [0.1, 0.15) is 23.2 Å². The summed E-state index contributed by atoms with van der Waals surface area (Å²) in [7, 11) is 0. The van der Waals surface area contributed by atoms with Gasteiger partial charge in [-0.15, -0.1) is 0 Å². The molecule has 0 spiro atoms. The fraction of sp³-hybridized carbons (Fsp3) is 0.174. The first-order chi connectivity index (χ1) is 15.3. The van der Waals surface area contributed by atoms with Crippen molar-refractivity contribution in [2.75, 3.05) is 10.6 Å². The van der Waals surface area contributed by atoms with E-state index in [-0.39, 0.29) is 11.7 Å². The van der Waals surface area contributed by atoms with Gasteiger partial charge in [-0.25, -0.2) is 8.78 Å². The van der Waals surface area contributed by atoms with E-state index in [1.807, 2.05) is 0 Å².